The van der Waals surface area contributed by atoms with E-state index in [9.17, 15) is 24.6 Å². The molecule has 3 aliphatic rings. The molecule has 0 aromatic heterocycles. The van der Waals surface area contributed by atoms with Crippen molar-refractivity contribution < 1.29 is 14.2 Å². The molecule has 0 amide bonds. The predicted molar refractivity (Wildman–Crippen MR) is 214 cm³/mol. The van der Waals surface area contributed by atoms with Crippen LogP contribution in [0.3, 0.4) is 0 Å². The molecule has 13 nitrogen and oxygen atoms in total. The molecule has 0 unspecified atom stereocenters. The minimum atomic E-state index is -0.570. The lowest BCUT2D eigenvalue weighted by Crippen LogP contribution is -2.48. The summed E-state index contributed by atoms with van der Waals surface area (Å²) in [7, 11) is 0. The van der Waals surface area contributed by atoms with Crippen LogP contribution in [0, 0.1) is 26.0 Å². The van der Waals surface area contributed by atoms with Gasteiger partial charge in [0, 0.05) is 138 Å². The zero-order valence-corrected chi connectivity index (χ0v) is 32.4. The number of non-ortho nitro benzene ring substituents is 2. The number of nitrogens with one attached hydrogen (secondary N) is 1. The van der Waals surface area contributed by atoms with Crippen LogP contribution in [0.25, 0.3) is 0 Å². The average molecular weight is 738 g/mol. The Bertz CT molecular complexity index is 1490. The third-order valence-electron chi connectivity index (χ3n) is 9.69. The lowest BCUT2D eigenvalue weighted by molar-refractivity contribution is -0.385. The Morgan fingerprint density at radius 1 is 0.547 bits per heavy atom. The van der Waals surface area contributed by atoms with Gasteiger partial charge in [-0.3, -0.25) is 34.9 Å². The number of piperazine rings is 3. The summed E-state index contributed by atoms with van der Waals surface area (Å²) >= 11 is 0. The first-order valence-electron chi connectivity index (χ1n) is 18.7. The lowest BCUT2D eigenvalue weighted by atomic mass is 10.2. The summed E-state index contributed by atoms with van der Waals surface area (Å²) in [6.07, 6.45) is 0. The Kier molecular flexibility index (Phi) is 17.9. The number of rotatable bonds is 7. The minimum Gasteiger partial charge on any atom is -0.399 e. The van der Waals surface area contributed by atoms with Crippen LogP contribution in [-0.4, -0.2) is 121 Å². The number of nitrogens with two attached hydrogens (primary N) is 1. The quantitative estimate of drug-likeness (QED) is 0.169. The number of nitrogens with zero attached hydrogens (tertiary/aromatic N) is 7. The first-order chi connectivity index (χ1) is 25.2. The van der Waals surface area contributed by atoms with Crippen molar-refractivity contribution in [3.05, 3.63) is 98.8 Å². The van der Waals surface area contributed by atoms with Gasteiger partial charge in [-0.1, -0.05) is 0 Å². The molecule has 3 N–H and O–H groups in total. The van der Waals surface area contributed by atoms with Crippen molar-refractivity contribution in [1.29, 1.82) is 0 Å². The maximum absolute atomic E-state index is 12.1. The van der Waals surface area contributed by atoms with Crippen LogP contribution in [0.15, 0.2) is 72.8 Å². The van der Waals surface area contributed by atoms with E-state index in [1.54, 1.807) is 12.1 Å². The van der Waals surface area contributed by atoms with E-state index in [-0.39, 0.29) is 16.3 Å². The lowest BCUT2D eigenvalue weighted by Gasteiger charge is -2.38. The Labute approximate surface area is 314 Å². The summed E-state index contributed by atoms with van der Waals surface area (Å²) in [5, 5.41) is 23.9. The normalized spacial score (nSPS) is 16.9. The number of benzene rings is 3. The van der Waals surface area contributed by atoms with Crippen molar-refractivity contribution >= 4 is 28.4 Å². The van der Waals surface area contributed by atoms with Gasteiger partial charge in [-0.15, -0.1) is 0 Å². The Morgan fingerprint density at radius 2 is 0.868 bits per heavy atom. The van der Waals surface area contributed by atoms with E-state index >= 15 is 0 Å². The predicted octanol–water partition coefficient (Wildman–Crippen LogP) is 5.96. The van der Waals surface area contributed by atoms with Gasteiger partial charge in [0.25, 0.3) is 11.4 Å². The maximum atomic E-state index is 12.1. The number of hydrogen-bond acceptors (Lipinski definition) is 11. The molecule has 3 aromatic carbocycles. The standard InChI is InChI=1S/C13H19N3O2.C13H21N3.C7H16N2.C6H4FNO2/c1-11(2)14-7-9-15(10-8-14)12-3-5-13(6-4-12)16(17)18;1-11(2)15-7-9-16(10-8-15)13-5-3-12(14)4-6-13;1-7(2)9-5-3-8-4-6-9;7-5-1-3-6(4-2-5)8(9)10/h3-6,11H,7-10H2,1-2H3;3-6,11H,7-10,14H2,1-2H3;7-8H,3-6H2,1-2H3;1-4H. The summed E-state index contributed by atoms with van der Waals surface area (Å²) in [6.45, 7) is 26.8. The molecule has 3 heterocycles. The van der Waals surface area contributed by atoms with Gasteiger partial charge in [0.2, 0.25) is 0 Å². The summed E-state index contributed by atoms with van der Waals surface area (Å²) in [4.78, 5) is 31.8. The second-order valence-electron chi connectivity index (χ2n) is 14.2. The molecule has 3 saturated heterocycles. The van der Waals surface area contributed by atoms with Gasteiger partial charge >= 0.3 is 0 Å². The number of halogens is 1. The molecular weight excluding hydrogens is 677 g/mol. The molecule has 6 rings (SSSR count). The maximum Gasteiger partial charge on any atom is 0.269 e. The second kappa shape index (κ2) is 22.0. The van der Waals surface area contributed by atoms with Gasteiger partial charge < -0.3 is 20.9 Å². The SMILES string of the molecule is CC(C)N1CCN(c2ccc(N)cc2)CC1.CC(C)N1CCN(c2ccc([N+](=O)[O-])cc2)CC1.CC(C)N1CCNCC1.O=[N+]([O-])c1ccc(F)cc1. The molecule has 0 saturated carbocycles. The van der Waals surface area contributed by atoms with E-state index in [1.165, 1.54) is 18.8 Å². The molecule has 53 heavy (non-hydrogen) atoms. The van der Waals surface area contributed by atoms with E-state index in [0.717, 1.165) is 107 Å². The van der Waals surface area contributed by atoms with Crippen molar-refractivity contribution in [2.75, 3.05) is 94.1 Å². The van der Waals surface area contributed by atoms with Gasteiger partial charge in [-0.25, -0.2) is 4.39 Å². The summed E-state index contributed by atoms with van der Waals surface area (Å²) in [5.41, 5.74) is 8.95. The minimum absolute atomic E-state index is 0.0959. The molecule has 0 atom stereocenters. The Hall–Kier alpha value is -4.37. The Morgan fingerprint density at radius 3 is 1.19 bits per heavy atom. The third-order valence-corrected chi connectivity index (χ3v) is 9.69. The van der Waals surface area contributed by atoms with Crippen LogP contribution in [0.4, 0.5) is 32.8 Å². The van der Waals surface area contributed by atoms with Crippen molar-refractivity contribution in [3.8, 4) is 0 Å². The van der Waals surface area contributed by atoms with E-state index in [4.69, 9.17) is 5.73 Å². The van der Waals surface area contributed by atoms with E-state index in [0.29, 0.717) is 12.1 Å². The summed E-state index contributed by atoms with van der Waals surface area (Å²) in [6, 6.07) is 21.3. The van der Waals surface area contributed by atoms with Crippen LogP contribution in [-0.2, 0) is 0 Å². The molecule has 14 heteroatoms. The molecule has 0 bridgehead atoms. The summed E-state index contributed by atoms with van der Waals surface area (Å²) in [5.74, 6) is -0.467. The van der Waals surface area contributed by atoms with Crippen LogP contribution in [0.1, 0.15) is 41.5 Å². The van der Waals surface area contributed by atoms with Crippen LogP contribution >= 0.6 is 0 Å². The fourth-order valence-electron chi connectivity index (χ4n) is 6.22. The van der Waals surface area contributed by atoms with Crippen LogP contribution < -0.4 is 20.9 Å². The largest absolute Gasteiger partial charge is 0.399 e. The zero-order valence-electron chi connectivity index (χ0n) is 32.4. The van der Waals surface area contributed by atoms with Gasteiger partial charge in [-0.05, 0) is 90.1 Å². The summed E-state index contributed by atoms with van der Waals surface area (Å²) < 4.78 is 12.1. The molecular formula is C39H60FN9O4. The molecule has 0 spiro atoms. The van der Waals surface area contributed by atoms with Crippen molar-refractivity contribution in [2.45, 2.75) is 59.7 Å². The number of anilines is 3. The van der Waals surface area contributed by atoms with Gasteiger partial charge in [0.05, 0.1) is 9.85 Å². The Balaban J connectivity index is 0.000000198. The molecule has 3 aromatic rings. The number of nitro benzene ring substituents is 2. The molecule has 0 radical (unpaired) electrons. The number of hydrogen-bond donors (Lipinski definition) is 2. The van der Waals surface area contributed by atoms with Crippen molar-refractivity contribution in [2.24, 2.45) is 0 Å². The molecule has 3 fully saturated rings. The highest BCUT2D eigenvalue weighted by Crippen LogP contribution is 2.21. The third kappa shape index (κ3) is 14.9. The van der Waals surface area contributed by atoms with Gasteiger partial charge in [0.1, 0.15) is 5.82 Å². The fourth-order valence-corrected chi connectivity index (χ4v) is 6.22. The monoisotopic (exact) mass is 737 g/mol. The zero-order chi connectivity index (χ0) is 38.9. The number of nitro groups is 2. The molecule has 3 aliphatic heterocycles. The second-order valence-corrected chi connectivity index (χ2v) is 14.2. The van der Waals surface area contributed by atoms with Crippen molar-refractivity contribution in [3.63, 3.8) is 0 Å². The van der Waals surface area contributed by atoms with Gasteiger partial charge in [-0.2, -0.15) is 0 Å². The molecule has 0 aliphatic carbocycles. The first-order valence-corrected chi connectivity index (χ1v) is 18.7. The van der Waals surface area contributed by atoms with Crippen LogP contribution in [0.2, 0.25) is 0 Å². The van der Waals surface area contributed by atoms with E-state index < -0.39 is 10.7 Å². The first kappa shape index (κ1) is 43.0. The van der Waals surface area contributed by atoms with E-state index in [1.807, 2.05) is 24.3 Å². The van der Waals surface area contributed by atoms with Gasteiger partial charge in [0.15, 0.2) is 0 Å². The number of nitrogen functional groups attached to an aromatic ring is 1. The molecule has 292 valence electrons. The fraction of sp³-hybridized carbons (Fsp3) is 0.538. The smallest absolute Gasteiger partial charge is 0.269 e. The highest BCUT2D eigenvalue weighted by atomic mass is 19.1. The average Bonchev–Trinajstić information content (AvgIpc) is 3.16. The highest BCUT2D eigenvalue weighted by Gasteiger charge is 2.20. The van der Waals surface area contributed by atoms with E-state index in [2.05, 4.69) is 83.5 Å². The highest BCUT2D eigenvalue weighted by molar-refractivity contribution is 5.53. The van der Waals surface area contributed by atoms with Crippen molar-refractivity contribution in [1.82, 2.24) is 20.0 Å². The topological polar surface area (TPSA) is 141 Å². The van der Waals surface area contributed by atoms with Crippen LogP contribution in [0.5, 0.6) is 0 Å².